The number of hydrogen-bond donors (Lipinski definition) is 1. The van der Waals surface area contributed by atoms with Gasteiger partial charge in [0.25, 0.3) is 0 Å². The number of amides is 1. The smallest absolute Gasteiger partial charge is 0.234 e. The number of morpholine rings is 1. The zero-order valence-electron chi connectivity index (χ0n) is 15.3. The molecule has 25 heavy (non-hydrogen) atoms. The highest BCUT2D eigenvalue weighted by Crippen LogP contribution is 2.19. The van der Waals surface area contributed by atoms with E-state index in [1.807, 2.05) is 18.2 Å². The molecule has 5 heteroatoms. The Hall–Kier alpha value is -1.43. The van der Waals surface area contributed by atoms with Gasteiger partial charge in [-0.2, -0.15) is 0 Å². The molecule has 2 heterocycles. The molecule has 2 saturated heterocycles. The highest BCUT2D eigenvalue weighted by atomic mass is 16.5. The Morgan fingerprint density at radius 1 is 1.20 bits per heavy atom. The molecule has 0 aromatic heterocycles. The van der Waals surface area contributed by atoms with Gasteiger partial charge in [0.15, 0.2) is 0 Å². The lowest BCUT2D eigenvalue weighted by atomic mass is 10.0. The number of carbonyl (C=O) groups excluding carboxylic acids is 1. The Morgan fingerprint density at radius 2 is 1.96 bits per heavy atom. The van der Waals surface area contributed by atoms with Crippen LogP contribution in [-0.2, 0) is 9.53 Å². The molecule has 3 rings (SSSR count). The number of ether oxygens (including phenoxy) is 1. The van der Waals surface area contributed by atoms with Crippen molar-refractivity contribution in [2.24, 2.45) is 0 Å². The highest BCUT2D eigenvalue weighted by molar-refractivity contribution is 5.78. The summed E-state index contributed by atoms with van der Waals surface area (Å²) >= 11 is 0. The first-order valence-electron chi connectivity index (χ1n) is 9.61. The van der Waals surface area contributed by atoms with Crippen molar-refractivity contribution in [1.82, 2.24) is 15.1 Å². The van der Waals surface area contributed by atoms with Crippen LogP contribution < -0.4 is 5.32 Å². The van der Waals surface area contributed by atoms with E-state index in [9.17, 15) is 4.79 Å². The SMILES string of the molecule is CC(NC(=O)CN1CCCCC1CN1CCOCC1)c1ccccc1. The lowest BCUT2D eigenvalue weighted by molar-refractivity contribution is -0.124. The predicted octanol–water partition coefficient (Wildman–Crippen LogP) is 2.05. The van der Waals surface area contributed by atoms with Gasteiger partial charge in [0.2, 0.25) is 5.91 Å². The summed E-state index contributed by atoms with van der Waals surface area (Å²) in [5, 5.41) is 3.15. The van der Waals surface area contributed by atoms with Crippen molar-refractivity contribution in [3.8, 4) is 0 Å². The van der Waals surface area contributed by atoms with Crippen molar-refractivity contribution in [3.63, 3.8) is 0 Å². The minimum atomic E-state index is 0.0520. The number of benzene rings is 1. The zero-order valence-corrected chi connectivity index (χ0v) is 15.3. The summed E-state index contributed by atoms with van der Waals surface area (Å²) in [7, 11) is 0. The third-order valence-corrected chi connectivity index (χ3v) is 5.35. The van der Waals surface area contributed by atoms with Crippen LogP contribution in [0.1, 0.15) is 37.8 Å². The molecule has 2 aliphatic rings. The van der Waals surface area contributed by atoms with Gasteiger partial charge in [-0.05, 0) is 31.9 Å². The number of likely N-dealkylation sites (tertiary alicyclic amines) is 1. The molecule has 0 aliphatic carbocycles. The van der Waals surface area contributed by atoms with Gasteiger partial charge in [0, 0.05) is 25.7 Å². The van der Waals surface area contributed by atoms with Crippen LogP contribution in [0.3, 0.4) is 0 Å². The Labute approximate surface area is 151 Å². The van der Waals surface area contributed by atoms with Crippen LogP contribution >= 0.6 is 0 Å². The quantitative estimate of drug-likeness (QED) is 0.857. The van der Waals surface area contributed by atoms with Crippen LogP contribution in [0, 0.1) is 0 Å². The van der Waals surface area contributed by atoms with Gasteiger partial charge in [-0.1, -0.05) is 36.8 Å². The minimum Gasteiger partial charge on any atom is -0.379 e. The molecule has 0 saturated carbocycles. The van der Waals surface area contributed by atoms with Gasteiger partial charge in [-0.3, -0.25) is 14.6 Å². The van der Waals surface area contributed by atoms with E-state index in [-0.39, 0.29) is 11.9 Å². The van der Waals surface area contributed by atoms with Crippen molar-refractivity contribution in [2.75, 3.05) is 45.9 Å². The maximum atomic E-state index is 12.5. The number of rotatable bonds is 6. The standard InChI is InChI=1S/C20H31N3O2/c1-17(18-7-3-2-4-8-18)21-20(24)16-23-10-6-5-9-19(23)15-22-11-13-25-14-12-22/h2-4,7-8,17,19H,5-6,9-16H2,1H3,(H,21,24). The second-order valence-electron chi connectivity index (χ2n) is 7.23. The fraction of sp³-hybridized carbons (Fsp3) is 0.650. The first-order chi connectivity index (χ1) is 12.2. The van der Waals surface area contributed by atoms with E-state index >= 15 is 0 Å². The van der Waals surface area contributed by atoms with Gasteiger partial charge < -0.3 is 10.1 Å². The Morgan fingerprint density at radius 3 is 2.72 bits per heavy atom. The van der Waals surface area contributed by atoms with Crippen LogP contribution in [0.2, 0.25) is 0 Å². The topological polar surface area (TPSA) is 44.8 Å². The summed E-state index contributed by atoms with van der Waals surface area (Å²) in [6.45, 7) is 8.35. The van der Waals surface area contributed by atoms with E-state index in [0.717, 1.165) is 45.0 Å². The molecule has 2 unspecified atom stereocenters. The zero-order chi connectivity index (χ0) is 17.5. The van der Waals surface area contributed by atoms with Crippen LogP contribution in [0.15, 0.2) is 30.3 Å². The monoisotopic (exact) mass is 345 g/mol. The number of piperidine rings is 1. The molecule has 1 N–H and O–H groups in total. The summed E-state index contributed by atoms with van der Waals surface area (Å²) < 4.78 is 5.45. The van der Waals surface area contributed by atoms with Crippen molar-refractivity contribution >= 4 is 5.91 Å². The lowest BCUT2D eigenvalue weighted by Gasteiger charge is -2.39. The normalized spacial score (nSPS) is 24.0. The number of nitrogens with zero attached hydrogens (tertiary/aromatic N) is 2. The van der Waals surface area contributed by atoms with Gasteiger partial charge in [0.05, 0.1) is 25.8 Å². The molecule has 2 fully saturated rings. The largest absolute Gasteiger partial charge is 0.379 e. The van der Waals surface area contributed by atoms with Crippen molar-refractivity contribution < 1.29 is 9.53 Å². The third-order valence-electron chi connectivity index (χ3n) is 5.35. The van der Waals surface area contributed by atoms with Crippen molar-refractivity contribution in [2.45, 2.75) is 38.3 Å². The Balaban J connectivity index is 1.51. The fourth-order valence-electron chi connectivity index (χ4n) is 3.85. The molecule has 5 nitrogen and oxygen atoms in total. The van der Waals surface area contributed by atoms with E-state index in [4.69, 9.17) is 4.74 Å². The van der Waals surface area contributed by atoms with E-state index in [2.05, 4.69) is 34.2 Å². The third kappa shape index (κ3) is 5.53. The van der Waals surface area contributed by atoms with Crippen LogP contribution in [0.4, 0.5) is 0 Å². The maximum absolute atomic E-state index is 12.5. The highest BCUT2D eigenvalue weighted by Gasteiger charge is 2.27. The Kier molecular flexibility index (Phi) is 6.84. The number of nitrogens with one attached hydrogen (secondary N) is 1. The summed E-state index contributed by atoms with van der Waals surface area (Å²) in [6, 6.07) is 10.7. The molecular formula is C20H31N3O2. The second kappa shape index (κ2) is 9.32. The average molecular weight is 345 g/mol. The Bertz CT molecular complexity index is 531. The molecule has 1 amide bonds. The molecule has 138 valence electrons. The van der Waals surface area contributed by atoms with E-state index in [1.165, 1.54) is 19.3 Å². The van der Waals surface area contributed by atoms with Crippen molar-refractivity contribution in [1.29, 1.82) is 0 Å². The van der Waals surface area contributed by atoms with Gasteiger partial charge in [-0.25, -0.2) is 0 Å². The molecular weight excluding hydrogens is 314 g/mol. The number of carbonyl (C=O) groups is 1. The summed E-state index contributed by atoms with van der Waals surface area (Å²) in [5.74, 6) is 0.130. The molecule has 1 aromatic rings. The average Bonchev–Trinajstić information content (AvgIpc) is 2.65. The molecule has 1 aromatic carbocycles. The second-order valence-corrected chi connectivity index (χ2v) is 7.23. The first kappa shape index (κ1) is 18.4. The molecule has 0 spiro atoms. The van der Waals surface area contributed by atoms with E-state index < -0.39 is 0 Å². The van der Waals surface area contributed by atoms with Gasteiger partial charge in [-0.15, -0.1) is 0 Å². The van der Waals surface area contributed by atoms with Crippen LogP contribution in [-0.4, -0.2) is 67.7 Å². The fourth-order valence-corrected chi connectivity index (χ4v) is 3.85. The van der Waals surface area contributed by atoms with Crippen LogP contribution in [0.5, 0.6) is 0 Å². The molecule has 2 aliphatic heterocycles. The first-order valence-corrected chi connectivity index (χ1v) is 9.61. The van der Waals surface area contributed by atoms with E-state index in [1.54, 1.807) is 0 Å². The molecule has 0 bridgehead atoms. The van der Waals surface area contributed by atoms with Gasteiger partial charge in [0.1, 0.15) is 0 Å². The van der Waals surface area contributed by atoms with Gasteiger partial charge >= 0.3 is 0 Å². The van der Waals surface area contributed by atoms with Crippen molar-refractivity contribution in [3.05, 3.63) is 35.9 Å². The van der Waals surface area contributed by atoms with Crippen LogP contribution in [0.25, 0.3) is 0 Å². The predicted molar refractivity (Wildman–Crippen MR) is 99.5 cm³/mol. The summed E-state index contributed by atoms with van der Waals surface area (Å²) in [6.07, 6.45) is 3.66. The summed E-state index contributed by atoms with van der Waals surface area (Å²) in [4.78, 5) is 17.4. The number of hydrogen-bond acceptors (Lipinski definition) is 4. The lowest BCUT2D eigenvalue weighted by Crippen LogP contribution is -2.52. The molecule has 0 radical (unpaired) electrons. The minimum absolute atomic E-state index is 0.0520. The maximum Gasteiger partial charge on any atom is 0.234 e. The molecule has 2 atom stereocenters. The van der Waals surface area contributed by atoms with E-state index in [0.29, 0.717) is 12.6 Å². The summed E-state index contributed by atoms with van der Waals surface area (Å²) in [5.41, 5.74) is 1.15.